The number of hydrogen-bond acceptors (Lipinski definition) is 5. The number of nitrogens with zero attached hydrogens (tertiary/aromatic N) is 3. The Labute approximate surface area is 172 Å². The number of rotatable bonds is 4. The molecule has 2 N–H and O–H groups in total. The van der Waals surface area contributed by atoms with Gasteiger partial charge >= 0.3 is 0 Å². The van der Waals surface area contributed by atoms with Gasteiger partial charge in [-0.25, -0.2) is 22.6 Å². The van der Waals surface area contributed by atoms with E-state index >= 15 is 0 Å². The lowest BCUT2D eigenvalue weighted by molar-refractivity contribution is 0.0298. The number of ether oxygens (including phenoxy) is 1. The predicted octanol–water partition coefficient (Wildman–Crippen LogP) is 1.80. The number of benzene rings is 2. The van der Waals surface area contributed by atoms with Gasteiger partial charge in [0.05, 0.1) is 29.5 Å². The van der Waals surface area contributed by atoms with Crippen molar-refractivity contribution in [3.05, 3.63) is 66.1 Å². The maximum Gasteiger partial charge on any atom is 0.274 e. The van der Waals surface area contributed by atoms with E-state index < -0.39 is 10.0 Å². The average molecular weight is 430 g/mol. The molecule has 1 fully saturated rings. The maximum atomic E-state index is 13.4. The van der Waals surface area contributed by atoms with Crippen molar-refractivity contribution in [2.24, 2.45) is 5.14 Å². The molecule has 0 saturated carbocycles. The smallest absolute Gasteiger partial charge is 0.274 e. The standard InChI is InChI=1S/C20H19FN4O4S/c21-15-3-1-14(2-4-15)19-13-18(20(26)24-9-11-29-12-10-24)23-25(19)16-5-7-17(8-6-16)30(22,27)28/h1-8,13H,9-12H2,(H2,22,27,28). The zero-order valence-electron chi connectivity index (χ0n) is 15.9. The lowest BCUT2D eigenvalue weighted by atomic mass is 10.1. The fourth-order valence-electron chi connectivity index (χ4n) is 3.21. The number of carbonyl (C=O) groups is 1. The van der Waals surface area contributed by atoms with Gasteiger partial charge in [-0.2, -0.15) is 5.10 Å². The molecule has 156 valence electrons. The second kappa shape index (κ2) is 7.98. The molecule has 4 rings (SSSR count). The fraction of sp³-hybridized carbons (Fsp3) is 0.200. The molecular formula is C20H19FN4O4S. The number of morpholine rings is 1. The average Bonchev–Trinajstić information content (AvgIpc) is 3.19. The van der Waals surface area contributed by atoms with E-state index in [4.69, 9.17) is 9.88 Å². The van der Waals surface area contributed by atoms with Gasteiger partial charge in [0, 0.05) is 18.7 Å². The molecular weight excluding hydrogens is 411 g/mol. The van der Waals surface area contributed by atoms with E-state index in [2.05, 4.69) is 5.10 Å². The Bertz CT molecular complexity index is 1170. The molecule has 0 aliphatic carbocycles. The van der Waals surface area contributed by atoms with E-state index in [9.17, 15) is 17.6 Å². The third-order valence-electron chi connectivity index (χ3n) is 4.78. The first kappa shape index (κ1) is 20.2. The lowest BCUT2D eigenvalue weighted by Gasteiger charge is -2.25. The summed E-state index contributed by atoms with van der Waals surface area (Å²) in [6.07, 6.45) is 0. The minimum Gasteiger partial charge on any atom is -0.378 e. The van der Waals surface area contributed by atoms with Gasteiger partial charge in [-0.15, -0.1) is 0 Å². The number of carbonyl (C=O) groups excluding carboxylic acids is 1. The van der Waals surface area contributed by atoms with Crippen LogP contribution in [0.25, 0.3) is 16.9 Å². The van der Waals surface area contributed by atoms with Gasteiger partial charge in [-0.05, 0) is 54.6 Å². The number of amides is 1. The van der Waals surface area contributed by atoms with E-state index in [1.165, 1.54) is 28.9 Å². The first-order valence-corrected chi connectivity index (χ1v) is 10.7. The van der Waals surface area contributed by atoms with E-state index in [1.807, 2.05) is 0 Å². The number of hydrogen-bond donors (Lipinski definition) is 1. The van der Waals surface area contributed by atoms with E-state index in [-0.39, 0.29) is 22.3 Å². The van der Waals surface area contributed by atoms with Gasteiger partial charge in [0.25, 0.3) is 5.91 Å². The van der Waals surface area contributed by atoms with Crippen molar-refractivity contribution in [1.82, 2.24) is 14.7 Å². The third kappa shape index (κ3) is 4.11. The van der Waals surface area contributed by atoms with Gasteiger partial charge in [-0.3, -0.25) is 4.79 Å². The summed E-state index contributed by atoms with van der Waals surface area (Å²) in [6.45, 7) is 1.87. The van der Waals surface area contributed by atoms with Crippen LogP contribution in [-0.2, 0) is 14.8 Å². The minimum absolute atomic E-state index is 0.0358. The number of nitrogens with two attached hydrogens (primary N) is 1. The quantitative estimate of drug-likeness (QED) is 0.679. The van der Waals surface area contributed by atoms with Crippen LogP contribution in [0.1, 0.15) is 10.5 Å². The summed E-state index contributed by atoms with van der Waals surface area (Å²) in [6, 6.07) is 13.3. The molecule has 30 heavy (non-hydrogen) atoms. The topological polar surface area (TPSA) is 108 Å². The molecule has 1 amide bonds. The molecule has 1 saturated heterocycles. The molecule has 1 aliphatic heterocycles. The second-order valence-corrected chi connectivity index (χ2v) is 8.34. The van der Waals surface area contributed by atoms with E-state index in [1.54, 1.807) is 35.2 Å². The molecule has 2 heterocycles. The Kier molecular flexibility index (Phi) is 5.37. The van der Waals surface area contributed by atoms with Crippen LogP contribution < -0.4 is 5.14 Å². The maximum absolute atomic E-state index is 13.4. The summed E-state index contributed by atoms with van der Waals surface area (Å²) in [5.74, 6) is -0.617. The Morgan fingerprint density at radius 2 is 1.67 bits per heavy atom. The monoisotopic (exact) mass is 430 g/mol. The van der Waals surface area contributed by atoms with Crippen molar-refractivity contribution in [3.63, 3.8) is 0 Å². The van der Waals surface area contributed by atoms with Crippen molar-refractivity contribution in [3.8, 4) is 16.9 Å². The van der Waals surface area contributed by atoms with Crippen LogP contribution in [0, 0.1) is 5.82 Å². The first-order valence-electron chi connectivity index (χ1n) is 9.19. The first-order chi connectivity index (χ1) is 14.3. The van der Waals surface area contributed by atoms with Gasteiger partial charge < -0.3 is 9.64 Å². The summed E-state index contributed by atoms with van der Waals surface area (Å²) < 4.78 is 43.3. The normalized spacial score (nSPS) is 14.7. The highest BCUT2D eigenvalue weighted by Crippen LogP contribution is 2.26. The van der Waals surface area contributed by atoms with E-state index in [0.29, 0.717) is 43.2 Å². The van der Waals surface area contributed by atoms with Crippen LogP contribution in [0.3, 0.4) is 0 Å². The summed E-state index contributed by atoms with van der Waals surface area (Å²) in [5.41, 5.74) is 1.98. The zero-order chi connectivity index (χ0) is 21.3. The highest BCUT2D eigenvalue weighted by atomic mass is 32.2. The molecule has 0 spiro atoms. The Hall–Kier alpha value is -3.08. The third-order valence-corrected chi connectivity index (χ3v) is 5.71. The van der Waals surface area contributed by atoms with Crippen molar-refractivity contribution < 1.29 is 22.3 Å². The van der Waals surface area contributed by atoms with Gasteiger partial charge in [0.15, 0.2) is 5.69 Å². The Morgan fingerprint density at radius 1 is 1.03 bits per heavy atom. The summed E-state index contributed by atoms with van der Waals surface area (Å²) in [4.78, 5) is 14.5. The molecule has 2 aromatic carbocycles. The van der Waals surface area contributed by atoms with Crippen LogP contribution in [0.4, 0.5) is 4.39 Å². The van der Waals surface area contributed by atoms with Crippen molar-refractivity contribution in [2.75, 3.05) is 26.3 Å². The SMILES string of the molecule is NS(=O)(=O)c1ccc(-n2nc(C(=O)N3CCOCC3)cc2-c2ccc(F)cc2)cc1. The zero-order valence-corrected chi connectivity index (χ0v) is 16.7. The summed E-state index contributed by atoms with van der Waals surface area (Å²) in [7, 11) is -3.84. The largest absolute Gasteiger partial charge is 0.378 e. The fourth-order valence-corrected chi connectivity index (χ4v) is 3.73. The predicted molar refractivity (Wildman–Crippen MR) is 107 cm³/mol. The van der Waals surface area contributed by atoms with Gasteiger partial charge in [0.1, 0.15) is 5.82 Å². The van der Waals surface area contributed by atoms with Crippen LogP contribution in [0.15, 0.2) is 59.5 Å². The van der Waals surface area contributed by atoms with Crippen molar-refractivity contribution in [2.45, 2.75) is 4.90 Å². The number of halogens is 1. The highest BCUT2D eigenvalue weighted by Gasteiger charge is 2.23. The molecule has 8 nitrogen and oxygen atoms in total. The molecule has 10 heteroatoms. The molecule has 0 atom stereocenters. The summed E-state index contributed by atoms with van der Waals surface area (Å²) >= 11 is 0. The minimum atomic E-state index is -3.84. The Balaban J connectivity index is 1.78. The molecule has 0 unspecified atom stereocenters. The van der Waals surface area contributed by atoms with Crippen molar-refractivity contribution in [1.29, 1.82) is 0 Å². The Morgan fingerprint density at radius 3 is 2.27 bits per heavy atom. The van der Waals surface area contributed by atoms with Crippen LogP contribution in [-0.4, -0.2) is 55.3 Å². The lowest BCUT2D eigenvalue weighted by Crippen LogP contribution is -2.40. The van der Waals surface area contributed by atoms with Crippen molar-refractivity contribution >= 4 is 15.9 Å². The molecule has 1 aromatic heterocycles. The van der Waals surface area contributed by atoms with Gasteiger partial charge in [0.2, 0.25) is 10.0 Å². The van der Waals surface area contributed by atoms with Crippen LogP contribution >= 0.6 is 0 Å². The molecule has 1 aliphatic rings. The number of aromatic nitrogens is 2. The van der Waals surface area contributed by atoms with E-state index in [0.717, 1.165) is 0 Å². The number of primary sulfonamides is 1. The summed E-state index contributed by atoms with van der Waals surface area (Å²) in [5, 5.41) is 9.62. The molecule has 3 aromatic rings. The molecule has 0 radical (unpaired) electrons. The second-order valence-electron chi connectivity index (χ2n) is 6.78. The van der Waals surface area contributed by atoms with Gasteiger partial charge in [-0.1, -0.05) is 0 Å². The number of sulfonamides is 1. The van der Waals surface area contributed by atoms with Crippen LogP contribution in [0.2, 0.25) is 0 Å². The highest BCUT2D eigenvalue weighted by molar-refractivity contribution is 7.89. The van der Waals surface area contributed by atoms with Crippen LogP contribution in [0.5, 0.6) is 0 Å². The molecule has 0 bridgehead atoms.